The summed E-state index contributed by atoms with van der Waals surface area (Å²) < 4.78 is 5.74. The zero-order chi connectivity index (χ0) is 14.5. The third kappa shape index (κ3) is 4.12. The maximum Gasteiger partial charge on any atom is 0.317 e. The fourth-order valence-corrected chi connectivity index (χ4v) is 2.34. The van der Waals surface area contributed by atoms with Gasteiger partial charge in [-0.3, -0.25) is 0 Å². The number of carbonyl (C=O) groups excluding carboxylic acids is 1. The van der Waals surface area contributed by atoms with E-state index in [2.05, 4.69) is 19.2 Å². The topological polar surface area (TPSA) is 41.6 Å². The molecule has 1 fully saturated rings. The van der Waals surface area contributed by atoms with Crippen molar-refractivity contribution in [3.8, 4) is 0 Å². The summed E-state index contributed by atoms with van der Waals surface area (Å²) in [6.07, 6.45) is -0.104. The molecule has 20 heavy (non-hydrogen) atoms. The molecule has 0 radical (unpaired) electrons. The van der Waals surface area contributed by atoms with E-state index in [0.717, 1.165) is 5.56 Å². The van der Waals surface area contributed by atoms with Gasteiger partial charge in [0, 0.05) is 18.1 Å². The number of rotatable bonds is 3. The van der Waals surface area contributed by atoms with Crippen LogP contribution >= 0.6 is 11.6 Å². The Morgan fingerprint density at radius 1 is 1.55 bits per heavy atom. The molecule has 1 aromatic rings. The molecule has 5 heteroatoms. The number of halogens is 1. The summed E-state index contributed by atoms with van der Waals surface area (Å²) in [4.78, 5) is 13.9. The van der Waals surface area contributed by atoms with Crippen LogP contribution in [0, 0.1) is 5.92 Å². The van der Waals surface area contributed by atoms with Gasteiger partial charge in [-0.25, -0.2) is 4.79 Å². The van der Waals surface area contributed by atoms with Crippen LogP contribution in [0.4, 0.5) is 4.79 Å². The van der Waals surface area contributed by atoms with Crippen LogP contribution in [0.15, 0.2) is 24.3 Å². The molecule has 4 nitrogen and oxygen atoms in total. The molecule has 2 rings (SSSR count). The molecule has 0 saturated carbocycles. The summed E-state index contributed by atoms with van der Waals surface area (Å²) in [5, 5.41) is 3.63. The van der Waals surface area contributed by atoms with Gasteiger partial charge >= 0.3 is 6.03 Å². The Labute approximate surface area is 125 Å². The number of benzene rings is 1. The number of urea groups is 1. The van der Waals surface area contributed by atoms with Crippen LogP contribution in [0.5, 0.6) is 0 Å². The van der Waals surface area contributed by atoms with Gasteiger partial charge < -0.3 is 15.0 Å². The second kappa shape index (κ2) is 6.95. The molecule has 1 heterocycles. The lowest BCUT2D eigenvalue weighted by Crippen LogP contribution is -2.47. The van der Waals surface area contributed by atoms with Crippen LogP contribution in [0.3, 0.4) is 0 Å². The molecule has 1 unspecified atom stereocenters. The average molecular weight is 297 g/mol. The molecule has 0 spiro atoms. The SMILES string of the molecule is CC(C)CNC(=O)N1CCOC(c2cccc(Cl)c2)C1. The first kappa shape index (κ1) is 15.1. The number of amides is 2. The predicted octanol–water partition coefficient (Wildman–Crippen LogP) is 3.08. The molecule has 1 saturated heterocycles. The van der Waals surface area contributed by atoms with Gasteiger partial charge in [0.1, 0.15) is 6.10 Å². The molecule has 0 aromatic heterocycles. The van der Waals surface area contributed by atoms with Gasteiger partial charge in [0.25, 0.3) is 0 Å². The van der Waals surface area contributed by atoms with Crippen molar-refractivity contribution in [2.45, 2.75) is 20.0 Å². The number of hydrogen-bond donors (Lipinski definition) is 1. The largest absolute Gasteiger partial charge is 0.370 e. The smallest absolute Gasteiger partial charge is 0.317 e. The van der Waals surface area contributed by atoms with Gasteiger partial charge in [0.2, 0.25) is 0 Å². The van der Waals surface area contributed by atoms with Gasteiger partial charge in [-0.15, -0.1) is 0 Å². The van der Waals surface area contributed by atoms with Crippen molar-refractivity contribution in [1.82, 2.24) is 10.2 Å². The van der Waals surface area contributed by atoms with Crippen molar-refractivity contribution in [2.75, 3.05) is 26.2 Å². The summed E-state index contributed by atoms with van der Waals surface area (Å²) in [6, 6.07) is 7.59. The third-order valence-corrected chi connectivity index (χ3v) is 3.47. The van der Waals surface area contributed by atoms with Crippen molar-refractivity contribution >= 4 is 17.6 Å². The van der Waals surface area contributed by atoms with Crippen molar-refractivity contribution in [1.29, 1.82) is 0 Å². The normalized spacial score (nSPS) is 19.2. The number of morpholine rings is 1. The lowest BCUT2D eigenvalue weighted by atomic mass is 10.1. The molecule has 0 bridgehead atoms. The van der Waals surface area contributed by atoms with Gasteiger partial charge in [-0.05, 0) is 23.6 Å². The van der Waals surface area contributed by atoms with Crippen molar-refractivity contribution in [3.05, 3.63) is 34.9 Å². The highest BCUT2D eigenvalue weighted by Crippen LogP contribution is 2.24. The number of carbonyl (C=O) groups is 1. The number of nitrogens with zero attached hydrogens (tertiary/aromatic N) is 1. The van der Waals surface area contributed by atoms with Crippen LogP contribution in [0.1, 0.15) is 25.5 Å². The minimum Gasteiger partial charge on any atom is -0.370 e. The zero-order valence-corrected chi connectivity index (χ0v) is 12.7. The fraction of sp³-hybridized carbons (Fsp3) is 0.533. The molecule has 1 aromatic carbocycles. The van der Waals surface area contributed by atoms with E-state index < -0.39 is 0 Å². The molecule has 1 N–H and O–H groups in total. The third-order valence-electron chi connectivity index (χ3n) is 3.24. The summed E-state index contributed by atoms with van der Waals surface area (Å²) in [5.41, 5.74) is 1.01. The Morgan fingerprint density at radius 2 is 2.35 bits per heavy atom. The van der Waals surface area contributed by atoms with Gasteiger partial charge in [-0.1, -0.05) is 37.6 Å². The molecule has 1 aliphatic heterocycles. The van der Waals surface area contributed by atoms with Gasteiger partial charge in [0.15, 0.2) is 0 Å². The van der Waals surface area contributed by atoms with Gasteiger partial charge in [-0.2, -0.15) is 0 Å². The monoisotopic (exact) mass is 296 g/mol. The van der Waals surface area contributed by atoms with E-state index in [9.17, 15) is 4.79 Å². The Morgan fingerprint density at radius 3 is 3.05 bits per heavy atom. The summed E-state index contributed by atoms with van der Waals surface area (Å²) in [6.45, 7) is 6.58. The van der Waals surface area contributed by atoms with Crippen LogP contribution in [0.2, 0.25) is 5.02 Å². The second-order valence-electron chi connectivity index (χ2n) is 5.44. The van der Waals surface area contributed by atoms with Gasteiger partial charge in [0.05, 0.1) is 13.2 Å². The van der Waals surface area contributed by atoms with Crippen molar-refractivity contribution < 1.29 is 9.53 Å². The molecular formula is C15H21ClN2O2. The Hall–Kier alpha value is -1.26. The first-order chi connectivity index (χ1) is 9.56. The van der Waals surface area contributed by atoms with Crippen LogP contribution in [-0.2, 0) is 4.74 Å². The highest BCUT2D eigenvalue weighted by Gasteiger charge is 2.25. The maximum atomic E-state index is 12.1. The van der Waals surface area contributed by atoms with Crippen LogP contribution in [0.25, 0.3) is 0 Å². The van der Waals surface area contributed by atoms with E-state index in [4.69, 9.17) is 16.3 Å². The quantitative estimate of drug-likeness (QED) is 0.931. The van der Waals surface area contributed by atoms with E-state index in [1.807, 2.05) is 24.3 Å². The summed E-state index contributed by atoms with van der Waals surface area (Å²) >= 11 is 6.00. The van der Waals surface area contributed by atoms with Crippen LogP contribution in [-0.4, -0.2) is 37.2 Å². The molecule has 110 valence electrons. The zero-order valence-electron chi connectivity index (χ0n) is 11.9. The summed E-state index contributed by atoms with van der Waals surface area (Å²) in [5.74, 6) is 0.448. The molecule has 1 atom stereocenters. The van der Waals surface area contributed by atoms with E-state index in [0.29, 0.717) is 37.2 Å². The number of ether oxygens (including phenoxy) is 1. The van der Waals surface area contributed by atoms with E-state index in [1.54, 1.807) is 4.90 Å². The van der Waals surface area contributed by atoms with E-state index in [1.165, 1.54) is 0 Å². The standard InChI is InChI=1S/C15H21ClN2O2/c1-11(2)9-17-15(19)18-6-7-20-14(10-18)12-4-3-5-13(16)8-12/h3-5,8,11,14H,6-7,9-10H2,1-2H3,(H,17,19). The van der Waals surface area contributed by atoms with Crippen molar-refractivity contribution in [3.63, 3.8) is 0 Å². The van der Waals surface area contributed by atoms with Crippen molar-refractivity contribution in [2.24, 2.45) is 5.92 Å². The highest BCUT2D eigenvalue weighted by molar-refractivity contribution is 6.30. The highest BCUT2D eigenvalue weighted by atomic mass is 35.5. The van der Waals surface area contributed by atoms with E-state index in [-0.39, 0.29) is 12.1 Å². The first-order valence-electron chi connectivity index (χ1n) is 6.96. The minimum absolute atomic E-state index is 0.0194. The van der Waals surface area contributed by atoms with E-state index >= 15 is 0 Å². The maximum absolute atomic E-state index is 12.1. The Balaban J connectivity index is 1.96. The predicted molar refractivity (Wildman–Crippen MR) is 80.0 cm³/mol. The van der Waals surface area contributed by atoms with Crippen LogP contribution < -0.4 is 5.32 Å². The lowest BCUT2D eigenvalue weighted by Gasteiger charge is -2.33. The Bertz CT molecular complexity index is 465. The number of nitrogens with one attached hydrogen (secondary N) is 1. The molecule has 1 aliphatic rings. The fourth-order valence-electron chi connectivity index (χ4n) is 2.15. The Kier molecular flexibility index (Phi) is 5.26. The number of hydrogen-bond acceptors (Lipinski definition) is 2. The first-order valence-corrected chi connectivity index (χ1v) is 7.34. The average Bonchev–Trinajstić information content (AvgIpc) is 2.45. The lowest BCUT2D eigenvalue weighted by molar-refractivity contribution is -0.0154. The minimum atomic E-state index is -0.104. The summed E-state index contributed by atoms with van der Waals surface area (Å²) in [7, 11) is 0. The molecular weight excluding hydrogens is 276 g/mol. The second-order valence-corrected chi connectivity index (χ2v) is 5.88. The molecule has 0 aliphatic carbocycles. The molecule has 2 amide bonds.